The summed E-state index contributed by atoms with van der Waals surface area (Å²) < 4.78 is 1.38. The van der Waals surface area contributed by atoms with E-state index in [1.54, 1.807) is 0 Å². The van der Waals surface area contributed by atoms with Crippen LogP contribution in [0.15, 0.2) is 31.3 Å². The quantitative estimate of drug-likeness (QED) is 0.359. The van der Waals surface area contributed by atoms with Gasteiger partial charge < -0.3 is 20.4 Å². The number of aliphatic hydroxyl groups excluding tert-OH is 4. The van der Waals surface area contributed by atoms with Crippen molar-refractivity contribution >= 4 is 21.5 Å². The van der Waals surface area contributed by atoms with Crippen molar-refractivity contribution in [1.82, 2.24) is 9.13 Å². The highest BCUT2D eigenvalue weighted by Crippen LogP contribution is 2.16. The third-order valence-corrected chi connectivity index (χ3v) is 4.53. The molecule has 0 aliphatic carbocycles. The van der Waals surface area contributed by atoms with E-state index in [4.69, 9.17) is 0 Å². The molecule has 0 amide bonds. The van der Waals surface area contributed by atoms with Gasteiger partial charge in [-0.15, -0.1) is 0 Å². The Balaban J connectivity index is 2.42. The molecule has 0 saturated heterocycles. The molecule has 0 fully saturated rings. The van der Waals surface area contributed by atoms with E-state index in [0.29, 0.717) is 9.13 Å². The maximum atomic E-state index is 12.5. The first-order valence-electron chi connectivity index (χ1n) is 7.78. The fourth-order valence-corrected chi connectivity index (χ4v) is 3.12. The van der Waals surface area contributed by atoms with Gasteiger partial charge in [0.1, 0.15) is 0 Å². The second kappa shape index (κ2) is 6.57. The summed E-state index contributed by atoms with van der Waals surface area (Å²) in [4.78, 5) is 49.9. The summed E-state index contributed by atoms with van der Waals surface area (Å²) in [6.45, 7) is -2.55. The van der Waals surface area contributed by atoms with Crippen LogP contribution >= 0.6 is 0 Å². The van der Waals surface area contributed by atoms with Crippen LogP contribution in [-0.2, 0) is 0 Å². The predicted molar refractivity (Wildman–Crippen MR) is 91.3 cm³/mol. The number of hydrogen-bond donors (Lipinski definition) is 4. The van der Waals surface area contributed by atoms with E-state index in [9.17, 15) is 39.6 Å². The van der Waals surface area contributed by atoms with E-state index >= 15 is 0 Å². The molecular formula is C16H16N2O8. The van der Waals surface area contributed by atoms with Crippen molar-refractivity contribution in [3.05, 3.63) is 53.5 Å². The van der Waals surface area contributed by atoms with Gasteiger partial charge in [-0.3, -0.25) is 28.3 Å². The molecule has 26 heavy (non-hydrogen) atoms. The van der Waals surface area contributed by atoms with Crippen molar-refractivity contribution in [1.29, 1.82) is 0 Å². The van der Waals surface area contributed by atoms with E-state index in [2.05, 4.69) is 0 Å². The van der Waals surface area contributed by atoms with Crippen LogP contribution in [0.2, 0.25) is 0 Å². The van der Waals surface area contributed by atoms with Crippen LogP contribution in [0, 0.1) is 0 Å². The number of fused-ring (bicyclic) bond motifs is 2. The average Bonchev–Trinajstić information content (AvgIpc) is 3.03. The molecule has 0 aliphatic heterocycles. The van der Waals surface area contributed by atoms with Gasteiger partial charge in [0.05, 0.1) is 60.1 Å². The molecule has 10 heteroatoms. The van der Waals surface area contributed by atoms with Crippen molar-refractivity contribution in [3.63, 3.8) is 0 Å². The van der Waals surface area contributed by atoms with Crippen molar-refractivity contribution in [2.75, 3.05) is 26.4 Å². The number of nitrogens with zero attached hydrogens (tertiary/aromatic N) is 2. The van der Waals surface area contributed by atoms with Crippen LogP contribution in [0.5, 0.6) is 0 Å². The van der Waals surface area contributed by atoms with Crippen LogP contribution < -0.4 is 22.2 Å². The molecule has 3 rings (SSSR count). The summed E-state index contributed by atoms with van der Waals surface area (Å²) in [6, 6.07) is -0.0347. The molecule has 2 aromatic heterocycles. The summed E-state index contributed by atoms with van der Waals surface area (Å²) >= 11 is 0. The molecule has 2 heterocycles. The molecule has 0 spiro atoms. The zero-order valence-corrected chi connectivity index (χ0v) is 13.5. The lowest BCUT2D eigenvalue weighted by atomic mass is 10.1. The molecule has 138 valence electrons. The topological polar surface area (TPSA) is 159 Å². The molecule has 0 atom stereocenters. The highest BCUT2D eigenvalue weighted by atomic mass is 16.3. The maximum Gasteiger partial charge on any atom is 0.261 e. The van der Waals surface area contributed by atoms with Crippen molar-refractivity contribution in [2.45, 2.75) is 12.1 Å². The highest BCUT2D eigenvalue weighted by Gasteiger charge is 2.24. The third-order valence-electron chi connectivity index (χ3n) is 4.53. The summed E-state index contributed by atoms with van der Waals surface area (Å²) in [5.74, 6) is 0. The van der Waals surface area contributed by atoms with Gasteiger partial charge in [-0.1, -0.05) is 0 Å². The Bertz CT molecular complexity index is 1000. The Morgan fingerprint density at radius 2 is 0.808 bits per heavy atom. The first kappa shape index (κ1) is 18.1. The average molecular weight is 364 g/mol. The van der Waals surface area contributed by atoms with Crippen LogP contribution in [0.25, 0.3) is 21.5 Å². The monoisotopic (exact) mass is 364 g/mol. The first-order chi connectivity index (χ1) is 12.4. The Kier molecular flexibility index (Phi) is 4.59. The molecule has 4 N–H and O–H groups in total. The fourth-order valence-electron chi connectivity index (χ4n) is 3.12. The highest BCUT2D eigenvalue weighted by molar-refractivity contribution is 5.97. The van der Waals surface area contributed by atoms with Crippen LogP contribution in [0.4, 0.5) is 0 Å². The Morgan fingerprint density at radius 1 is 0.577 bits per heavy atom. The summed E-state index contributed by atoms with van der Waals surface area (Å²) in [5, 5.41) is 36.5. The Labute approximate surface area is 144 Å². The molecule has 0 bridgehead atoms. The minimum Gasteiger partial charge on any atom is -0.394 e. The summed E-state index contributed by atoms with van der Waals surface area (Å²) in [7, 11) is 0. The summed E-state index contributed by atoms with van der Waals surface area (Å²) in [6.07, 6.45) is 0. The number of aromatic nitrogens is 2. The first-order valence-corrected chi connectivity index (χ1v) is 7.78. The van der Waals surface area contributed by atoms with Crippen LogP contribution in [0.1, 0.15) is 12.1 Å². The molecule has 10 nitrogen and oxygen atoms in total. The lowest BCUT2D eigenvalue weighted by molar-refractivity contribution is 0.151. The Morgan fingerprint density at radius 3 is 1.00 bits per heavy atom. The SMILES string of the molecule is O=c1c2cc3c(=O)n(C(CO)CO)c(=O)c3cc2c(=O)n1C(CO)CO. The molecular weight excluding hydrogens is 348 g/mol. The third kappa shape index (κ3) is 2.35. The van der Waals surface area contributed by atoms with E-state index in [1.165, 1.54) is 0 Å². The van der Waals surface area contributed by atoms with Gasteiger partial charge >= 0.3 is 0 Å². The van der Waals surface area contributed by atoms with Crippen LogP contribution in [-0.4, -0.2) is 56.0 Å². The van der Waals surface area contributed by atoms with Gasteiger partial charge in [0.25, 0.3) is 22.2 Å². The molecule has 3 aromatic rings. The van der Waals surface area contributed by atoms with E-state index < -0.39 is 60.7 Å². The Hall–Kier alpha value is -2.66. The molecule has 0 radical (unpaired) electrons. The smallest absolute Gasteiger partial charge is 0.261 e. The normalized spacial score (nSPS) is 12.2. The fraction of sp³-hybridized carbons (Fsp3) is 0.375. The van der Waals surface area contributed by atoms with Crippen LogP contribution in [0.3, 0.4) is 0 Å². The number of benzene rings is 1. The molecule has 0 aliphatic rings. The van der Waals surface area contributed by atoms with E-state index in [0.717, 1.165) is 12.1 Å². The maximum absolute atomic E-state index is 12.5. The molecule has 0 saturated carbocycles. The minimum absolute atomic E-state index is 0.117. The van der Waals surface area contributed by atoms with Gasteiger partial charge in [-0.2, -0.15) is 0 Å². The van der Waals surface area contributed by atoms with E-state index in [1.807, 2.05) is 0 Å². The van der Waals surface area contributed by atoms with Gasteiger partial charge in [-0.25, -0.2) is 0 Å². The van der Waals surface area contributed by atoms with Crippen molar-refractivity contribution < 1.29 is 20.4 Å². The largest absolute Gasteiger partial charge is 0.394 e. The minimum atomic E-state index is -1.13. The number of rotatable bonds is 6. The van der Waals surface area contributed by atoms with Crippen molar-refractivity contribution in [2.24, 2.45) is 0 Å². The van der Waals surface area contributed by atoms with Gasteiger partial charge in [0, 0.05) is 0 Å². The summed E-state index contributed by atoms with van der Waals surface area (Å²) in [5.41, 5.74) is -3.16. The molecule has 0 unspecified atom stereocenters. The van der Waals surface area contributed by atoms with Gasteiger partial charge in [0.2, 0.25) is 0 Å². The number of hydrogen-bond acceptors (Lipinski definition) is 8. The van der Waals surface area contributed by atoms with Gasteiger partial charge in [-0.05, 0) is 12.1 Å². The predicted octanol–water partition coefficient (Wildman–Crippen LogP) is -3.04. The zero-order valence-electron chi connectivity index (χ0n) is 13.5. The zero-order chi connectivity index (χ0) is 19.2. The lowest BCUT2D eigenvalue weighted by Crippen LogP contribution is -2.34. The lowest BCUT2D eigenvalue weighted by Gasteiger charge is -2.10. The second-order valence-corrected chi connectivity index (χ2v) is 5.94. The molecule has 1 aromatic carbocycles. The number of aliphatic hydroxyl groups is 4. The van der Waals surface area contributed by atoms with E-state index in [-0.39, 0.29) is 21.5 Å². The standard InChI is InChI=1S/C16H16N2O8/c19-3-7(4-20)17-13(23)9-1-10-12(2-11(9)15(17)25)16(26)18(14(10)24)8(5-21)6-22/h1-2,7-8,19-22H,3-6H2. The van der Waals surface area contributed by atoms with Gasteiger partial charge in [0.15, 0.2) is 0 Å². The second-order valence-electron chi connectivity index (χ2n) is 5.94. The van der Waals surface area contributed by atoms with Crippen molar-refractivity contribution in [3.8, 4) is 0 Å².